The summed E-state index contributed by atoms with van der Waals surface area (Å²) in [6.07, 6.45) is 6.18. The molecule has 2 rings (SSSR count). The maximum atomic E-state index is 13.6. The standard InChI is InChI=1S/C30H46ClN3O3/c1-6-14-34(15-7-2)28(36)24-16-22(5)18-30(19-24,29(32)37)26(17-23-8-10-25(31)11-9-23)27(35)20-33-13-12-21(3)4/h8-11,16,18,21,26-27,33,35H,6-7,12-15,17,19-20H2,1-5H3,(H2,32,37)/t26-,27+,30?/m1/s1. The first-order valence-electron chi connectivity index (χ1n) is 13.7. The van der Waals surface area contributed by atoms with E-state index in [0.29, 0.717) is 42.6 Å². The molecule has 37 heavy (non-hydrogen) atoms. The second-order valence-electron chi connectivity index (χ2n) is 10.8. The van der Waals surface area contributed by atoms with Gasteiger partial charge in [-0.3, -0.25) is 9.59 Å². The Bertz CT molecular complexity index is 951. The largest absolute Gasteiger partial charge is 0.391 e. The van der Waals surface area contributed by atoms with Crippen molar-refractivity contribution in [1.82, 2.24) is 10.2 Å². The molecule has 1 aliphatic rings. The number of benzene rings is 1. The van der Waals surface area contributed by atoms with Crippen molar-refractivity contribution in [1.29, 1.82) is 0 Å². The Hall–Kier alpha value is -2.15. The van der Waals surface area contributed by atoms with Crippen LogP contribution in [0.5, 0.6) is 0 Å². The number of aliphatic hydroxyl groups excluding tert-OH is 1. The number of rotatable bonds is 15. The lowest BCUT2D eigenvalue weighted by atomic mass is 9.63. The van der Waals surface area contributed by atoms with Gasteiger partial charge in [-0.15, -0.1) is 0 Å². The second-order valence-corrected chi connectivity index (χ2v) is 11.3. The van der Waals surface area contributed by atoms with Crippen LogP contribution in [0.4, 0.5) is 0 Å². The SMILES string of the molecule is CCCN(CCC)C(=O)C1=CC(C)=CC(C(N)=O)([C@H](Cc2ccc(Cl)cc2)[C@@H](O)CNCCC(C)C)C1. The van der Waals surface area contributed by atoms with E-state index in [9.17, 15) is 14.7 Å². The number of aliphatic hydroxyl groups is 1. The maximum absolute atomic E-state index is 13.6. The molecule has 3 atom stereocenters. The molecule has 0 aliphatic heterocycles. The average molecular weight is 532 g/mol. The summed E-state index contributed by atoms with van der Waals surface area (Å²) in [6, 6.07) is 7.44. The van der Waals surface area contributed by atoms with Gasteiger partial charge in [-0.2, -0.15) is 0 Å². The minimum atomic E-state index is -1.20. The molecule has 0 heterocycles. The number of nitrogens with one attached hydrogen (secondary N) is 1. The first-order valence-corrected chi connectivity index (χ1v) is 14.0. The smallest absolute Gasteiger partial charge is 0.249 e. The number of nitrogens with zero attached hydrogens (tertiary/aromatic N) is 1. The Morgan fingerprint density at radius 1 is 1.16 bits per heavy atom. The fourth-order valence-corrected chi connectivity index (χ4v) is 5.36. The minimum absolute atomic E-state index is 0.0587. The molecule has 0 saturated heterocycles. The fraction of sp³-hybridized carbons (Fsp3) is 0.600. The quantitative estimate of drug-likeness (QED) is 0.281. The van der Waals surface area contributed by atoms with E-state index in [2.05, 4.69) is 33.0 Å². The van der Waals surface area contributed by atoms with Crippen molar-refractivity contribution in [3.8, 4) is 0 Å². The van der Waals surface area contributed by atoms with Crippen molar-refractivity contribution < 1.29 is 14.7 Å². The van der Waals surface area contributed by atoms with Gasteiger partial charge in [0, 0.05) is 36.1 Å². The molecule has 1 aromatic carbocycles. The van der Waals surface area contributed by atoms with Crippen molar-refractivity contribution in [2.75, 3.05) is 26.2 Å². The lowest BCUT2D eigenvalue weighted by Gasteiger charge is -2.42. The monoisotopic (exact) mass is 531 g/mol. The Kier molecular flexibility index (Phi) is 12.3. The van der Waals surface area contributed by atoms with Crippen LogP contribution < -0.4 is 11.1 Å². The first kappa shape index (κ1) is 31.1. The highest BCUT2D eigenvalue weighted by atomic mass is 35.5. The van der Waals surface area contributed by atoms with Gasteiger partial charge >= 0.3 is 0 Å². The summed E-state index contributed by atoms with van der Waals surface area (Å²) < 4.78 is 0. The highest BCUT2D eigenvalue weighted by Crippen LogP contribution is 2.44. The maximum Gasteiger partial charge on any atom is 0.249 e. The van der Waals surface area contributed by atoms with Crippen LogP contribution in [0, 0.1) is 17.3 Å². The molecule has 6 nitrogen and oxygen atoms in total. The third kappa shape index (κ3) is 8.69. The van der Waals surface area contributed by atoms with Gasteiger partial charge in [-0.05, 0) is 69.2 Å². The molecular weight excluding hydrogens is 486 g/mol. The van der Waals surface area contributed by atoms with E-state index in [0.717, 1.165) is 36.9 Å². The highest BCUT2D eigenvalue weighted by molar-refractivity contribution is 6.30. The zero-order chi connectivity index (χ0) is 27.6. The van der Waals surface area contributed by atoms with Crippen molar-refractivity contribution in [2.24, 2.45) is 23.0 Å². The summed E-state index contributed by atoms with van der Waals surface area (Å²) in [7, 11) is 0. The third-order valence-electron chi connectivity index (χ3n) is 7.12. The van der Waals surface area contributed by atoms with Crippen LogP contribution in [0.3, 0.4) is 0 Å². The van der Waals surface area contributed by atoms with Gasteiger partial charge in [0.25, 0.3) is 0 Å². The molecule has 7 heteroatoms. The van der Waals surface area contributed by atoms with Gasteiger partial charge < -0.3 is 21.1 Å². The summed E-state index contributed by atoms with van der Waals surface area (Å²) in [5.41, 5.74) is 7.27. The molecule has 0 radical (unpaired) electrons. The molecule has 0 saturated carbocycles. The summed E-state index contributed by atoms with van der Waals surface area (Å²) in [5, 5.41) is 15.5. The lowest BCUT2D eigenvalue weighted by Crippen LogP contribution is -2.52. The fourth-order valence-electron chi connectivity index (χ4n) is 5.23. The Morgan fingerprint density at radius 2 is 1.78 bits per heavy atom. The number of nitrogens with two attached hydrogens (primary N) is 1. The van der Waals surface area contributed by atoms with E-state index in [-0.39, 0.29) is 12.3 Å². The molecule has 2 amide bonds. The van der Waals surface area contributed by atoms with E-state index in [1.807, 2.05) is 48.2 Å². The summed E-state index contributed by atoms with van der Waals surface area (Å²) >= 11 is 6.11. The molecule has 1 aliphatic carbocycles. The number of hydrogen-bond donors (Lipinski definition) is 3. The van der Waals surface area contributed by atoms with Crippen molar-refractivity contribution >= 4 is 23.4 Å². The molecule has 1 unspecified atom stereocenters. The molecule has 206 valence electrons. The molecule has 0 spiro atoms. The van der Waals surface area contributed by atoms with E-state index in [1.54, 1.807) is 0 Å². The van der Waals surface area contributed by atoms with E-state index in [4.69, 9.17) is 17.3 Å². The first-order chi connectivity index (χ1) is 17.5. The molecule has 1 aromatic rings. The third-order valence-corrected chi connectivity index (χ3v) is 7.38. The summed E-state index contributed by atoms with van der Waals surface area (Å²) in [4.78, 5) is 28.7. The van der Waals surface area contributed by atoms with E-state index >= 15 is 0 Å². The van der Waals surface area contributed by atoms with Gasteiger partial charge in [-0.1, -0.05) is 69.2 Å². The molecule has 0 fully saturated rings. The Morgan fingerprint density at radius 3 is 2.32 bits per heavy atom. The number of primary amides is 1. The number of carbonyl (C=O) groups excluding carboxylic acids is 2. The van der Waals surface area contributed by atoms with Gasteiger partial charge in [0.2, 0.25) is 11.8 Å². The predicted octanol–water partition coefficient (Wildman–Crippen LogP) is 4.89. The Labute approximate surface area is 228 Å². The highest BCUT2D eigenvalue weighted by Gasteiger charge is 2.48. The van der Waals surface area contributed by atoms with E-state index < -0.39 is 23.3 Å². The Balaban J connectivity index is 2.45. The average Bonchev–Trinajstić information content (AvgIpc) is 2.84. The zero-order valence-electron chi connectivity index (χ0n) is 23.2. The van der Waals surface area contributed by atoms with Crippen molar-refractivity contribution in [3.05, 3.63) is 58.1 Å². The van der Waals surface area contributed by atoms with Gasteiger partial charge in [0.05, 0.1) is 11.5 Å². The number of halogens is 1. The molecule has 4 N–H and O–H groups in total. The summed E-state index contributed by atoms with van der Waals surface area (Å²) in [5.74, 6) is -0.571. The van der Waals surface area contributed by atoms with Gasteiger partial charge in [0.15, 0.2) is 0 Å². The normalized spacial score (nSPS) is 19.2. The van der Waals surface area contributed by atoms with Crippen LogP contribution in [-0.4, -0.2) is 54.1 Å². The predicted molar refractivity (Wildman–Crippen MR) is 152 cm³/mol. The van der Waals surface area contributed by atoms with Crippen LogP contribution >= 0.6 is 11.6 Å². The topological polar surface area (TPSA) is 95.7 Å². The van der Waals surface area contributed by atoms with E-state index in [1.165, 1.54) is 0 Å². The van der Waals surface area contributed by atoms with Crippen molar-refractivity contribution in [3.63, 3.8) is 0 Å². The minimum Gasteiger partial charge on any atom is -0.391 e. The molecule has 0 bridgehead atoms. The van der Waals surface area contributed by atoms with Crippen LogP contribution in [0.25, 0.3) is 0 Å². The number of allylic oxidation sites excluding steroid dienone is 2. The van der Waals surface area contributed by atoms with Crippen LogP contribution in [0.2, 0.25) is 5.02 Å². The van der Waals surface area contributed by atoms with Crippen LogP contribution in [0.1, 0.15) is 65.9 Å². The number of hydrogen-bond acceptors (Lipinski definition) is 4. The molecule has 0 aromatic heterocycles. The summed E-state index contributed by atoms with van der Waals surface area (Å²) in [6.45, 7) is 12.7. The molecular formula is C30H46ClN3O3. The van der Waals surface area contributed by atoms with Gasteiger partial charge in [-0.25, -0.2) is 0 Å². The van der Waals surface area contributed by atoms with Crippen LogP contribution in [-0.2, 0) is 16.0 Å². The lowest BCUT2D eigenvalue weighted by molar-refractivity contribution is -0.132. The van der Waals surface area contributed by atoms with Gasteiger partial charge in [0.1, 0.15) is 0 Å². The zero-order valence-corrected chi connectivity index (χ0v) is 24.0. The van der Waals surface area contributed by atoms with Crippen LogP contribution in [0.15, 0.2) is 47.6 Å². The second kappa shape index (κ2) is 14.7. The van der Waals surface area contributed by atoms with Crippen molar-refractivity contribution in [2.45, 2.75) is 72.8 Å². The number of carbonyl (C=O) groups is 2. The number of amides is 2.